The van der Waals surface area contributed by atoms with E-state index in [4.69, 9.17) is 14.2 Å². The van der Waals surface area contributed by atoms with Crippen LogP contribution in [-0.4, -0.2) is 41.3 Å². The Balaban J connectivity index is 2.08. The van der Waals surface area contributed by atoms with Crippen molar-refractivity contribution < 1.29 is 23.9 Å². The van der Waals surface area contributed by atoms with Crippen LogP contribution in [-0.2, 0) is 24.3 Å². The average molecular weight is 495 g/mol. The van der Waals surface area contributed by atoms with Gasteiger partial charge in [0.15, 0.2) is 11.5 Å². The van der Waals surface area contributed by atoms with Gasteiger partial charge in [-0.15, -0.1) is 0 Å². The number of nitro benzene ring substituents is 1. The molecule has 13 heteroatoms. The molecule has 2 aromatic carbocycles. The molecule has 0 radical (unpaired) electrons. The topological polar surface area (TPSA) is 156 Å². The highest BCUT2D eigenvalue weighted by Crippen LogP contribution is 2.60. The Kier molecular flexibility index (Phi) is 4.84. The Morgan fingerprint density at radius 1 is 0.889 bits per heavy atom. The van der Waals surface area contributed by atoms with Crippen molar-refractivity contribution in [3.63, 3.8) is 0 Å². The van der Waals surface area contributed by atoms with Crippen molar-refractivity contribution in [3.8, 4) is 17.2 Å². The number of rotatable bonds is 4. The molecule has 1 spiro atoms. The van der Waals surface area contributed by atoms with Crippen LogP contribution in [0, 0.1) is 10.1 Å². The number of aromatic nitrogens is 2. The zero-order valence-electron chi connectivity index (χ0n) is 19.9. The normalized spacial score (nSPS) is 17.0. The van der Waals surface area contributed by atoms with Crippen molar-refractivity contribution in [2.45, 2.75) is 5.41 Å². The molecular weight excluding hydrogens is 474 g/mol. The summed E-state index contributed by atoms with van der Waals surface area (Å²) < 4.78 is 18.8. The van der Waals surface area contributed by atoms with Gasteiger partial charge in [0.1, 0.15) is 11.2 Å². The third-order valence-corrected chi connectivity index (χ3v) is 6.70. The lowest BCUT2D eigenvalue weighted by molar-refractivity contribution is -0.384. The van der Waals surface area contributed by atoms with Gasteiger partial charge in [0.05, 0.1) is 37.5 Å². The van der Waals surface area contributed by atoms with Crippen LogP contribution in [0.5, 0.6) is 17.2 Å². The molecule has 0 unspecified atom stereocenters. The molecule has 0 fully saturated rings. The molecule has 36 heavy (non-hydrogen) atoms. The summed E-state index contributed by atoms with van der Waals surface area (Å²) in [7, 11) is 6.91. The van der Waals surface area contributed by atoms with Gasteiger partial charge in [-0.1, -0.05) is 0 Å². The van der Waals surface area contributed by atoms with E-state index in [2.05, 4.69) is 10.6 Å². The first-order valence-corrected chi connectivity index (χ1v) is 10.6. The number of carbonyl (C=O) groups is 1. The van der Waals surface area contributed by atoms with Gasteiger partial charge in [-0.3, -0.25) is 28.8 Å². The number of amides is 1. The van der Waals surface area contributed by atoms with Gasteiger partial charge in [0, 0.05) is 49.1 Å². The minimum Gasteiger partial charge on any atom is -0.493 e. The van der Waals surface area contributed by atoms with Crippen LogP contribution < -0.4 is 36.1 Å². The minimum absolute atomic E-state index is 0.0550. The number of benzene rings is 2. The zero-order valence-corrected chi connectivity index (χ0v) is 19.9. The molecule has 13 nitrogen and oxygen atoms in total. The number of carbonyl (C=O) groups excluding carboxylic acids is 1. The molecule has 2 aliphatic heterocycles. The fraction of sp³-hybridized carbons (Fsp3) is 0.261. The summed E-state index contributed by atoms with van der Waals surface area (Å²) in [6.07, 6.45) is 0. The summed E-state index contributed by atoms with van der Waals surface area (Å²) in [5, 5.41) is 17.5. The number of fused-ring (bicyclic) bond motifs is 6. The van der Waals surface area contributed by atoms with E-state index in [-0.39, 0.29) is 56.8 Å². The molecule has 0 saturated heterocycles. The smallest absolute Gasteiger partial charge is 0.332 e. The Morgan fingerprint density at radius 2 is 1.58 bits per heavy atom. The SMILES string of the molecule is COc1cc2c(c(OC)c1OC)[C@]1(C(=O)Nc3ccc([N+](=O)[O-])cc31)c1c(n(C)c(=O)n(C)c1=O)N2. The highest BCUT2D eigenvalue weighted by molar-refractivity contribution is 6.15. The second kappa shape index (κ2) is 7.60. The number of hydrogen-bond acceptors (Lipinski definition) is 9. The number of non-ortho nitro benzene ring substituents is 1. The fourth-order valence-corrected chi connectivity index (χ4v) is 5.11. The van der Waals surface area contributed by atoms with E-state index in [0.29, 0.717) is 0 Å². The van der Waals surface area contributed by atoms with Gasteiger partial charge in [-0.25, -0.2) is 4.79 Å². The van der Waals surface area contributed by atoms with E-state index < -0.39 is 27.5 Å². The van der Waals surface area contributed by atoms with Crippen molar-refractivity contribution >= 4 is 28.8 Å². The van der Waals surface area contributed by atoms with Crippen LogP contribution in [0.3, 0.4) is 0 Å². The first-order valence-electron chi connectivity index (χ1n) is 10.6. The standard InChI is InChI=1S/C23H21N5O8/c1-26-19-16(20(29)27(2)22(26)31)23(11-8-10(28(32)33)6-7-12(11)25-21(23)30)15-13(24-19)9-14(34-3)17(35-4)18(15)36-5/h6-9,24H,1-5H3,(H,25,30)/t23-/m0/s1. The van der Waals surface area contributed by atoms with Gasteiger partial charge in [0.2, 0.25) is 11.7 Å². The lowest BCUT2D eigenvalue weighted by atomic mass is 9.67. The van der Waals surface area contributed by atoms with Crippen molar-refractivity contribution in [1.29, 1.82) is 0 Å². The maximum absolute atomic E-state index is 14.0. The zero-order chi connectivity index (χ0) is 26.1. The van der Waals surface area contributed by atoms with Crippen molar-refractivity contribution in [2.24, 2.45) is 14.1 Å². The first-order chi connectivity index (χ1) is 17.1. The Morgan fingerprint density at radius 3 is 2.19 bits per heavy atom. The Labute approximate surface area is 203 Å². The average Bonchev–Trinajstić information content (AvgIpc) is 3.15. The monoisotopic (exact) mass is 495 g/mol. The second-order valence-electron chi connectivity index (χ2n) is 8.31. The summed E-state index contributed by atoms with van der Waals surface area (Å²) in [6.45, 7) is 0. The Hall–Kier alpha value is -4.81. The fourth-order valence-electron chi connectivity index (χ4n) is 5.11. The lowest BCUT2D eigenvalue weighted by Gasteiger charge is -2.38. The molecule has 2 aliphatic rings. The first kappa shape index (κ1) is 23.0. The van der Waals surface area contributed by atoms with E-state index in [9.17, 15) is 24.5 Å². The molecule has 0 bridgehead atoms. The highest BCUT2D eigenvalue weighted by Gasteiger charge is 2.59. The molecule has 186 valence electrons. The summed E-state index contributed by atoms with van der Waals surface area (Å²) in [6, 6.07) is 5.45. The predicted molar refractivity (Wildman–Crippen MR) is 128 cm³/mol. The number of nitrogens with one attached hydrogen (secondary N) is 2. The maximum atomic E-state index is 14.0. The molecule has 1 atom stereocenters. The molecule has 5 rings (SSSR count). The minimum atomic E-state index is -1.93. The number of ether oxygens (including phenoxy) is 3. The van der Waals surface area contributed by atoms with Crippen LogP contribution in [0.1, 0.15) is 16.7 Å². The largest absolute Gasteiger partial charge is 0.493 e. The lowest BCUT2D eigenvalue weighted by Crippen LogP contribution is -2.50. The molecule has 3 heterocycles. The van der Waals surface area contributed by atoms with E-state index in [0.717, 1.165) is 4.57 Å². The van der Waals surface area contributed by atoms with Crippen molar-refractivity contribution in [2.75, 3.05) is 32.0 Å². The third kappa shape index (κ3) is 2.61. The van der Waals surface area contributed by atoms with Gasteiger partial charge >= 0.3 is 5.69 Å². The molecule has 3 aromatic rings. The number of anilines is 3. The number of nitro groups is 1. The summed E-state index contributed by atoms with van der Waals surface area (Å²) >= 11 is 0. The van der Waals surface area contributed by atoms with E-state index in [1.165, 1.54) is 58.2 Å². The van der Waals surface area contributed by atoms with Crippen LogP contribution in [0.2, 0.25) is 0 Å². The van der Waals surface area contributed by atoms with Gasteiger partial charge in [-0.2, -0.15) is 0 Å². The van der Waals surface area contributed by atoms with Gasteiger partial charge in [-0.05, 0) is 6.07 Å². The maximum Gasteiger partial charge on any atom is 0.332 e. The summed E-state index contributed by atoms with van der Waals surface area (Å²) in [4.78, 5) is 51.6. The van der Waals surface area contributed by atoms with Crippen molar-refractivity contribution in [1.82, 2.24) is 9.13 Å². The van der Waals surface area contributed by atoms with Gasteiger partial charge in [0.25, 0.3) is 11.2 Å². The third-order valence-electron chi connectivity index (χ3n) is 6.70. The molecule has 1 aromatic heterocycles. The van der Waals surface area contributed by atoms with Gasteiger partial charge < -0.3 is 24.8 Å². The number of nitrogens with zero attached hydrogens (tertiary/aromatic N) is 3. The Bertz CT molecular complexity index is 1620. The highest BCUT2D eigenvalue weighted by atomic mass is 16.6. The second-order valence-corrected chi connectivity index (χ2v) is 8.31. The molecule has 0 saturated carbocycles. The van der Waals surface area contributed by atoms with Crippen molar-refractivity contribution in [3.05, 3.63) is 71.9 Å². The van der Waals surface area contributed by atoms with Crippen LogP contribution in [0.25, 0.3) is 0 Å². The van der Waals surface area contributed by atoms with Crippen LogP contribution >= 0.6 is 0 Å². The summed E-state index contributed by atoms with van der Waals surface area (Å²) in [5.74, 6) is -0.111. The number of hydrogen-bond donors (Lipinski definition) is 2. The molecule has 0 aliphatic carbocycles. The van der Waals surface area contributed by atoms with Crippen LogP contribution in [0.15, 0.2) is 33.9 Å². The quantitative estimate of drug-likeness (QED) is 0.403. The predicted octanol–water partition coefficient (Wildman–Crippen LogP) is 1.36. The molecular formula is C23H21N5O8. The van der Waals surface area contributed by atoms with E-state index in [1.54, 1.807) is 6.07 Å². The number of methoxy groups -OCH3 is 3. The van der Waals surface area contributed by atoms with Crippen LogP contribution in [0.4, 0.5) is 22.9 Å². The van der Waals surface area contributed by atoms with E-state index >= 15 is 0 Å². The molecule has 1 amide bonds. The molecule has 2 N–H and O–H groups in total. The summed E-state index contributed by atoms with van der Waals surface area (Å²) in [5.41, 5.74) is -2.79. The van der Waals surface area contributed by atoms with E-state index in [1.807, 2.05) is 0 Å².